The van der Waals surface area contributed by atoms with E-state index in [-0.39, 0.29) is 5.60 Å². The zero-order valence-corrected chi connectivity index (χ0v) is 11.0. The lowest BCUT2D eigenvalue weighted by atomic mass is 9.94. The normalized spacial score (nSPS) is 27.9. The molecule has 1 saturated heterocycles. The van der Waals surface area contributed by atoms with Gasteiger partial charge in [-0.1, -0.05) is 0 Å². The molecule has 0 spiro atoms. The van der Waals surface area contributed by atoms with E-state index in [4.69, 9.17) is 9.84 Å². The van der Waals surface area contributed by atoms with Crippen molar-refractivity contribution in [2.24, 2.45) is 0 Å². The van der Waals surface area contributed by atoms with Crippen LogP contribution in [-0.4, -0.2) is 61.4 Å². The maximum absolute atomic E-state index is 10.9. The van der Waals surface area contributed by atoms with Crippen molar-refractivity contribution in [2.75, 3.05) is 33.8 Å². The maximum atomic E-state index is 10.9. The van der Waals surface area contributed by atoms with Gasteiger partial charge < -0.3 is 20.1 Å². The number of ether oxygens (including phenoxy) is 1. The zero-order chi connectivity index (χ0) is 12.9. The van der Waals surface area contributed by atoms with Crippen molar-refractivity contribution in [3.63, 3.8) is 0 Å². The average Bonchev–Trinajstić information content (AvgIpc) is 2.29. The number of aliphatic carboxylic acids is 1. The summed E-state index contributed by atoms with van der Waals surface area (Å²) >= 11 is 0. The lowest BCUT2D eigenvalue weighted by Crippen LogP contribution is -2.48. The highest BCUT2D eigenvalue weighted by Gasteiger charge is 2.30. The van der Waals surface area contributed by atoms with Crippen LogP contribution in [0.25, 0.3) is 0 Å². The first-order valence-corrected chi connectivity index (χ1v) is 6.18. The number of hydrogen-bond donors (Lipinski definition) is 2. The number of methoxy groups -OCH3 is 1. The van der Waals surface area contributed by atoms with Crippen molar-refractivity contribution in [2.45, 2.75) is 37.8 Å². The summed E-state index contributed by atoms with van der Waals surface area (Å²) in [6.45, 7) is 4.84. The first kappa shape index (κ1) is 14.4. The van der Waals surface area contributed by atoms with Crippen LogP contribution in [0.3, 0.4) is 0 Å². The van der Waals surface area contributed by atoms with Crippen molar-refractivity contribution >= 4 is 5.97 Å². The van der Waals surface area contributed by atoms with Gasteiger partial charge in [0.2, 0.25) is 0 Å². The Morgan fingerprint density at radius 1 is 1.65 bits per heavy atom. The number of piperidine rings is 1. The summed E-state index contributed by atoms with van der Waals surface area (Å²) < 4.78 is 5.52. The molecule has 5 nitrogen and oxygen atoms in total. The maximum Gasteiger partial charge on any atom is 0.320 e. The van der Waals surface area contributed by atoms with Gasteiger partial charge in [0.05, 0.1) is 5.60 Å². The number of carboxylic acid groups (broad SMARTS) is 1. The van der Waals surface area contributed by atoms with Gasteiger partial charge in [-0.25, -0.2) is 0 Å². The summed E-state index contributed by atoms with van der Waals surface area (Å²) in [5.74, 6) is -0.779. The Kier molecular flexibility index (Phi) is 5.36. The number of nitrogens with one attached hydrogen (secondary N) is 1. The Balaban J connectivity index is 2.39. The number of nitrogens with zero attached hydrogens (tertiary/aromatic N) is 1. The first-order chi connectivity index (χ1) is 8.00. The molecule has 0 aliphatic carbocycles. The van der Waals surface area contributed by atoms with Crippen LogP contribution in [0.1, 0.15) is 26.2 Å². The van der Waals surface area contributed by atoms with Crippen molar-refractivity contribution < 1.29 is 14.6 Å². The lowest BCUT2D eigenvalue weighted by molar-refractivity contribution is -0.139. The number of hydrogen-bond acceptors (Lipinski definition) is 4. The minimum atomic E-state index is -0.779. The van der Waals surface area contributed by atoms with Crippen molar-refractivity contribution in [1.29, 1.82) is 0 Å². The van der Waals surface area contributed by atoms with E-state index in [0.29, 0.717) is 6.42 Å². The fraction of sp³-hybridized carbons (Fsp3) is 0.917. The predicted molar refractivity (Wildman–Crippen MR) is 66.2 cm³/mol. The van der Waals surface area contributed by atoms with E-state index in [0.717, 1.165) is 32.5 Å². The van der Waals surface area contributed by atoms with Gasteiger partial charge in [0.15, 0.2) is 0 Å². The van der Waals surface area contributed by atoms with Crippen LogP contribution in [0.4, 0.5) is 0 Å². The molecule has 1 fully saturated rings. The number of carboxylic acids is 1. The molecule has 1 aliphatic heterocycles. The SMILES string of the molecule is CNC(CCN1CCCC(C)(OC)C1)C(=O)O. The highest BCUT2D eigenvalue weighted by molar-refractivity contribution is 5.73. The molecule has 0 radical (unpaired) electrons. The molecule has 0 aromatic heterocycles. The third kappa shape index (κ3) is 4.26. The Morgan fingerprint density at radius 2 is 2.35 bits per heavy atom. The quantitative estimate of drug-likeness (QED) is 0.714. The van der Waals surface area contributed by atoms with Crippen molar-refractivity contribution in [3.05, 3.63) is 0 Å². The summed E-state index contributed by atoms with van der Waals surface area (Å²) in [4.78, 5) is 13.2. The van der Waals surface area contributed by atoms with Crippen LogP contribution in [-0.2, 0) is 9.53 Å². The van der Waals surface area contributed by atoms with Crippen LogP contribution >= 0.6 is 0 Å². The predicted octanol–water partition coefficient (Wildman–Crippen LogP) is 0.550. The van der Waals surface area contributed by atoms with Gasteiger partial charge in [-0.3, -0.25) is 4.79 Å². The van der Waals surface area contributed by atoms with Crippen LogP contribution in [0.15, 0.2) is 0 Å². The van der Waals surface area contributed by atoms with Crippen molar-refractivity contribution in [1.82, 2.24) is 10.2 Å². The second kappa shape index (κ2) is 6.33. The summed E-state index contributed by atoms with van der Waals surface area (Å²) in [6, 6.07) is -0.453. The monoisotopic (exact) mass is 244 g/mol. The molecule has 1 rings (SSSR count). The van der Waals surface area contributed by atoms with Gasteiger partial charge in [-0.15, -0.1) is 0 Å². The number of likely N-dealkylation sites (tertiary alicyclic amines) is 1. The molecule has 0 aromatic rings. The molecule has 1 heterocycles. The summed E-state index contributed by atoms with van der Waals surface area (Å²) in [5.41, 5.74) is -0.0728. The Labute approximate surface area is 103 Å². The Morgan fingerprint density at radius 3 is 2.88 bits per heavy atom. The molecule has 1 aliphatic rings. The average molecular weight is 244 g/mol. The van der Waals surface area contributed by atoms with E-state index in [2.05, 4.69) is 17.1 Å². The largest absolute Gasteiger partial charge is 0.480 e. The molecule has 2 N–H and O–H groups in total. The minimum Gasteiger partial charge on any atom is -0.480 e. The van der Waals surface area contributed by atoms with E-state index in [1.54, 1.807) is 14.2 Å². The number of carbonyl (C=O) groups is 1. The molecule has 2 atom stereocenters. The lowest BCUT2D eigenvalue weighted by Gasteiger charge is -2.39. The van der Waals surface area contributed by atoms with Gasteiger partial charge >= 0.3 is 5.97 Å². The molecule has 17 heavy (non-hydrogen) atoms. The molecule has 100 valence electrons. The third-order valence-corrected chi connectivity index (χ3v) is 3.61. The molecular formula is C12H24N2O3. The van der Waals surface area contributed by atoms with Crippen LogP contribution in [0.5, 0.6) is 0 Å². The molecule has 0 bridgehead atoms. The molecular weight excluding hydrogens is 220 g/mol. The smallest absolute Gasteiger partial charge is 0.320 e. The third-order valence-electron chi connectivity index (χ3n) is 3.61. The van der Waals surface area contributed by atoms with Crippen LogP contribution in [0.2, 0.25) is 0 Å². The van der Waals surface area contributed by atoms with Crippen LogP contribution in [0, 0.1) is 0 Å². The van der Waals surface area contributed by atoms with Gasteiger partial charge in [-0.05, 0) is 39.8 Å². The minimum absolute atomic E-state index is 0.0728. The fourth-order valence-corrected chi connectivity index (χ4v) is 2.37. The standard InChI is InChI=1S/C12H24N2O3/c1-12(17-3)6-4-7-14(9-12)8-5-10(13-2)11(15)16/h10,13H,4-9H2,1-3H3,(H,15,16). The highest BCUT2D eigenvalue weighted by Crippen LogP contribution is 2.23. The zero-order valence-electron chi connectivity index (χ0n) is 11.0. The summed E-state index contributed by atoms with van der Waals surface area (Å²) in [7, 11) is 3.44. The van der Waals surface area contributed by atoms with E-state index >= 15 is 0 Å². The van der Waals surface area contributed by atoms with Gasteiger partial charge in [0.25, 0.3) is 0 Å². The molecule has 5 heteroatoms. The van der Waals surface area contributed by atoms with Gasteiger partial charge in [0, 0.05) is 20.2 Å². The number of likely N-dealkylation sites (N-methyl/N-ethyl adjacent to an activating group) is 1. The van der Waals surface area contributed by atoms with Gasteiger partial charge in [0.1, 0.15) is 6.04 Å². The van der Waals surface area contributed by atoms with Crippen molar-refractivity contribution in [3.8, 4) is 0 Å². The number of rotatable bonds is 6. The summed E-state index contributed by atoms with van der Waals surface area (Å²) in [5, 5.41) is 11.8. The topological polar surface area (TPSA) is 61.8 Å². The Bertz CT molecular complexity index is 260. The van der Waals surface area contributed by atoms with E-state index in [9.17, 15) is 4.79 Å². The summed E-state index contributed by atoms with van der Waals surface area (Å²) in [6.07, 6.45) is 2.82. The molecule has 0 amide bonds. The van der Waals surface area contributed by atoms with E-state index in [1.807, 2.05) is 0 Å². The highest BCUT2D eigenvalue weighted by atomic mass is 16.5. The van der Waals surface area contributed by atoms with E-state index < -0.39 is 12.0 Å². The second-order valence-electron chi connectivity index (χ2n) is 5.00. The molecule has 2 unspecified atom stereocenters. The molecule has 0 aromatic carbocycles. The fourth-order valence-electron chi connectivity index (χ4n) is 2.37. The van der Waals surface area contributed by atoms with Gasteiger partial charge in [-0.2, -0.15) is 0 Å². The second-order valence-corrected chi connectivity index (χ2v) is 5.00. The van der Waals surface area contributed by atoms with Crippen LogP contribution < -0.4 is 5.32 Å². The van der Waals surface area contributed by atoms with E-state index in [1.165, 1.54) is 0 Å². The Hall–Kier alpha value is -0.650. The first-order valence-electron chi connectivity index (χ1n) is 6.18. The molecule has 0 saturated carbocycles.